The van der Waals surface area contributed by atoms with Crippen LogP contribution in [0.2, 0.25) is 0 Å². The van der Waals surface area contributed by atoms with Crippen LogP contribution in [-0.4, -0.2) is 18.2 Å². The van der Waals surface area contributed by atoms with Gasteiger partial charge in [-0.25, -0.2) is 0 Å². The molecule has 0 aliphatic heterocycles. The van der Waals surface area contributed by atoms with Crippen LogP contribution in [0.3, 0.4) is 0 Å². The fourth-order valence-corrected chi connectivity index (χ4v) is 2.56. The second-order valence-electron chi connectivity index (χ2n) is 3.42. The molecule has 0 fully saturated rings. The zero-order chi connectivity index (χ0) is 11.8. The van der Waals surface area contributed by atoms with Gasteiger partial charge in [0.05, 0.1) is 5.75 Å². The normalized spacial score (nSPS) is 10.1. The van der Waals surface area contributed by atoms with Crippen LogP contribution in [0.5, 0.6) is 0 Å². The molecule has 0 aliphatic carbocycles. The fraction of sp³-hybridized carbons (Fsp3) is 0.417. The Labute approximate surface area is 109 Å². The molecular formula is C12H16BrNOS. The number of unbranched alkanes of at least 4 members (excludes halogenated alkanes) is 1. The predicted molar refractivity (Wildman–Crippen MR) is 72.8 cm³/mol. The van der Waals surface area contributed by atoms with Crippen LogP contribution in [0.15, 0.2) is 33.6 Å². The summed E-state index contributed by atoms with van der Waals surface area (Å²) in [6.07, 6.45) is 2.16. The third-order valence-electron chi connectivity index (χ3n) is 2.05. The van der Waals surface area contributed by atoms with Crippen LogP contribution >= 0.6 is 27.7 Å². The molecule has 1 aromatic rings. The van der Waals surface area contributed by atoms with Crippen molar-refractivity contribution in [3.8, 4) is 0 Å². The summed E-state index contributed by atoms with van der Waals surface area (Å²) < 4.78 is 1.04. The summed E-state index contributed by atoms with van der Waals surface area (Å²) in [4.78, 5) is 12.6. The smallest absolute Gasteiger partial charge is 0.230 e. The molecule has 0 aliphatic rings. The van der Waals surface area contributed by atoms with E-state index in [-0.39, 0.29) is 5.91 Å². The van der Waals surface area contributed by atoms with Crippen LogP contribution < -0.4 is 5.32 Å². The molecule has 1 aromatic carbocycles. The van der Waals surface area contributed by atoms with E-state index in [1.807, 2.05) is 24.3 Å². The number of benzene rings is 1. The highest BCUT2D eigenvalue weighted by atomic mass is 79.9. The molecule has 1 rings (SSSR count). The topological polar surface area (TPSA) is 29.1 Å². The van der Waals surface area contributed by atoms with E-state index in [4.69, 9.17) is 0 Å². The van der Waals surface area contributed by atoms with E-state index in [9.17, 15) is 4.79 Å². The summed E-state index contributed by atoms with van der Waals surface area (Å²) >= 11 is 5.01. The Bertz CT molecular complexity index is 344. The maximum absolute atomic E-state index is 11.5. The summed E-state index contributed by atoms with van der Waals surface area (Å²) in [6, 6.07) is 7.93. The summed E-state index contributed by atoms with van der Waals surface area (Å²) in [7, 11) is 0. The van der Waals surface area contributed by atoms with Gasteiger partial charge in [-0.15, -0.1) is 11.8 Å². The molecule has 0 bridgehead atoms. The van der Waals surface area contributed by atoms with Gasteiger partial charge in [-0.2, -0.15) is 0 Å². The molecule has 0 saturated heterocycles. The third-order valence-corrected chi connectivity index (χ3v) is 4.08. The van der Waals surface area contributed by atoms with Gasteiger partial charge in [-0.1, -0.05) is 25.5 Å². The highest BCUT2D eigenvalue weighted by Gasteiger charge is 2.04. The van der Waals surface area contributed by atoms with Gasteiger partial charge in [0.25, 0.3) is 0 Å². The van der Waals surface area contributed by atoms with Crippen LogP contribution in [0.1, 0.15) is 19.8 Å². The molecule has 1 amide bonds. The Morgan fingerprint density at radius 1 is 1.44 bits per heavy atom. The first-order chi connectivity index (χ1) is 7.74. The number of nitrogens with one attached hydrogen (secondary N) is 1. The number of hydrogen-bond donors (Lipinski definition) is 1. The number of amides is 1. The van der Waals surface area contributed by atoms with E-state index in [0.29, 0.717) is 5.75 Å². The first-order valence-electron chi connectivity index (χ1n) is 5.38. The lowest BCUT2D eigenvalue weighted by atomic mass is 10.3. The second-order valence-corrected chi connectivity index (χ2v) is 5.29. The van der Waals surface area contributed by atoms with E-state index in [1.54, 1.807) is 11.8 Å². The van der Waals surface area contributed by atoms with Crippen molar-refractivity contribution in [2.24, 2.45) is 0 Å². The molecule has 0 aromatic heterocycles. The van der Waals surface area contributed by atoms with E-state index in [2.05, 4.69) is 28.2 Å². The standard InChI is InChI=1S/C12H16BrNOS/c1-2-3-8-14-12(15)9-16-11-7-5-4-6-10(11)13/h4-7H,2-3,8-9H2,1H3,(H,14,15). The van der Waals surface area contributed by atoms with Crippen molar-refractivity contribution in [1.29, 1.82) is 0 Å². The quantitative estimate of drug-likeness (QED) is 0.644. The van der Waals surface area contributed by atoms with Crippen LogP contribution in [0.25, 0.3) is 0 Å². The van der Waals surface area contributed by atoms with Crippen LogP contribution in [-0.2, 0) is 4.79 Å². The minimum atomic E-state index is 0.106. The molecule has 0 radical (unpaired) electrons. The lowest BCUT2D eigenvalue weighted by Gasteiger charge is -2.05. The highest BCUT2D eigenvalue weighted by Crippen LogP contribution is 2.26. The van der Waals surface area contributed by atoms with E-state index < -0.39 is 0 Å². The molecule has 1 N–H and O–H groups in total. The molecule has 0 saturated carbocycles. The van der Waals surface area contributed by atoms with Gasteiger partial charge >= 0.3 is 0 Å². The van der Waals surface area contributed by atoms with Gasteiger partial charge in [-0.3, -0.25) is 4.79 Å². The molecule has 4 heteroatoms. The Morgan fingerprint density at radius 2 is 2.19 bits per heavy atom. The Hall–Kier alpha value is -0.480. The van der Waals surface area contributed by atoms with Gasteiger partial charge in [0, 0.05) is 15.9 Å². The van der Waals surface area contributed by atoms with E-state index >= 15 is 0 Å². The molecule has 0 unspecified atom stereocenters. The minimum absolute atomic E-state index is 0.106. The molecule has 0 spiro atoms. The lowest BCUT2D eigenvalue weighted by molar-refractivity contribution is -0.118. The van der Waals surface area contributed by atoms with Crippen molar-refractivity contribution in [1.82, 2.24) is 5.32 Å². The zero-order valence-electron chi connectivity index (χ0n) is 9.33. The molecule has 0 atom stereocenters. The average molecular weight is 302 g/mol. The molecule has 2 nitrogen and oxygen atoms in total. The fourth-order valence-electron chi connectivity index (χ4n) is 1.16. The van der Waals surface area contributed by atoms with Gasteiger partial charge in [0.15, 0.2) is 0 Å². The van der Waals surface area contributed by atoms with Gasteiger partial charge in [0.2, 0.25) is 5.91 Å². The van der Waals surface area contributed by atoms with E-state index in [1.165, 1.54) is 0 Å². The maximum atomic E-state index is 11.5. The molecule has 88 valence electrons. The Morgan fingerprint density at radius 3 is 2.88 bits per heavy atom. The van der Waals surface area contributed by atoms with E-state index in [0.717, 1.165) is 28.8 Å². The predicted octanol–water partition coefficient (Wildman–Crippen LogP) is 3.46. The monoisotopic (exact) mass is 301 g/mol. The summed E-state index contributed by atoms with van der Waals surface area (Å²) in [5, 5.41) is 2.90. The SMILES string of the molecule is CCCCNC(=O)CSc1ccccc1Br. The van der Waals surface area contributed by atoms with Crippen LogP contribution in [0, 0.1) is 0 Å². The third kappa shape index (κ3) is 5.03. The van der Waals surface area contributed by atoms with Crippen molar-refractivity contribution in [2.75, 3.05) is 12.3 Å². The van der Waals surface area contributed by atoms with Gasteiger partial charge in [-0.05, 0) is 34.5 Å². The van der Waals surface area contributed by atoms with Crippen LogP contribution in [0.4, 0.5) is 0 Å². The number of rotatable bonds is 6. The summed E-state index contributed by atoms with van der Waals surface area (Å²) in [5.74, 6) is 0.584. The summed E-state index contributed by atoms with van der Waals surface area (Å²) in [5.41, 5.74) is 0. The minimum Gasteiger partial charge on any atom is -0.355 e. The average Bonchev–Trinajstić information content (AvgIpc) is 2.28. The van der Waals surface area contributed by atoms with Crippen molar-refractivity contribution in [3.63, 3.8) is 0 Å². The molecule has 0 heterocycles. The van der Waals surface area contributed by atoms with Crippen molar-refractivity contribution >= 4 is 33.6 Å². The molecule has 16 heavy (non-hydrogen) atoms. The lowest BCUT2D eigenvalue weighted by Crippen LogP contribution is -2.25. The number of thioether (sulfide) groups is 1. The van der Waals surface area contributed by atoms with Crippen molar-refractivity contribution < 1.29 is 4.79 Å². The zero-order valence-corrected chi connectivity index (χ0v) is 11.7. The largest absolute Gasteiger partial charge is 0.355 e. The summed E-state index contributed by atoms with van der Waals surface area (Å²) in [6.45, 7) is 2.90. The number of halogens is 1. The highest BCUT2D eigenvalue weighted by molar-refractivity contribution is 9.10. The van der Waals surface area contributed by atoms with Crippen molar-refractivity contribution in [2.45, 2.75) is 24.7 Å². The molecular weight excluding hydrogens is 286 g/mol. The number of carbonyl (C=O) groups is 1. The Balaban J connectivity index is 2.29. The number of carbonyl (C=O) groups excluding carboxylic acids is 1. The first-order valence-corrected chi connectivity index (χ1v) is 7.16. The second kappa shape index (κ2) is 7.74. The van der Waals surface area contributed by atoms with Gasteiger partial charge in [0.1, 0.15) is 0 Å². The van der Waals surface area contributed by atoms with Crippen molar-refractivity contribution in [3.05, 3.63) is 28.7 Å². The number of hydrogen-bond acceptors (Lipinski definition) is 2. The van der Waals surface area contributed by atoms with Gasteiger partial charge < -0.3 is 5.32 Å². The Kier molecular flexibility index (Phi) is 6.57. The maximum Gasteiger partial charge on any atom is 0.230 e. The first kappa shape index (κ1) is 13.6.